The maximum atomic E-state index is 11.5. The van der Waals surface area contributed by atoms with Crippen molar-refractivity contribution in [3.63, 3.8) is 0 Å². The lowest BCUT2D eigenvalue weighted by Gasteiger charge is -2.11. The molecule has 0 aliphatic rings. The molecule has 0 fully saturated rings. The average Bonchev–Trinajstić information content (AvgIpc) is 2.33. The Hall–Kier alpha value is -1.75. The summed E-state index contributed by atoms with van der Waals surface area (Å²) in [5, 5.41) is 2.93. The summed E-state index contributed by atoms with van der Waals surface area (Å²) in [5.41, 5.74) is 1.13. The van der Waals surface area contributed by atoms with Gasteiger partial charge in [0.05, 0.1) is 19.4 Å². The normalized spacial score (nSPS) is 9.78. The van der Waals surface area contributed by atoms with Gasteiger partial charge in [0, 0.05) is 11.1 Å². The number of rotatable bonds is 3. The smallest absolute Gasteiger partial charge is 0.397 e. The lowest BCUT2D eigenvalue weighted by Crippen LogP contribution is -2.25. The van der Waals surface area contributed by atoms with Gasteiger partial charge in [-0.3, -0.25) is 4.79 Å². The van der Waals surface area contributed by atoms with E-state index in [1.807, 2.05) is 0 Å². The molecule has 98 valence electrons. The lowest BCUT2D eigenvalue weighted by atomic mass is 10.2. The molecule has 0 aromatic heterocycles. The maximum absolute atomic E-state index is 11.5. The Morgan fingerprint density at radius 3 is 2.61 bits per heavy atom. The minimum atomic E-state index is -0.938. The number of halogens is 1. The summed E-state index contributed by atoms with van der Waals surface area (Å²) in [6, 6.07) is 3.19. The van der Waals surface area contributed by atoms with Gasteiger partial charge in [0.25, 0.3) is 0 Å². The highest BCUT2D eigenvalue weighted by Gasteiger charge is 2.17. The first kappa shape index (κ1) is 14.3. The van der Waals surface area contributed by atoms with Gasteiger partial charge >= 0.3 is 11.9 Å². The summed E-state index contributed by atoms with van der Waals surface area (Å²) in [4.78, 5) is 22.7. The van der Waals surface area contributed by atoms with Crippen LogP contribution in [0.2, 0.25) is 5.02 Å². The number of anilines is 1. The molecule has 1 amide bonds. The molecule has 0 heterocycles. The van der Waals surface area contributed by atoms with Gasteiger partial charge in [-0.05, 0) is 25.5 Å². The molecule has 0 saturated heterocycles. The van der Waals surface area contributed by atoms with E-state index in [0.29, 0.717) is 16.5 Å². The van der Waals surface area contributed by atoms with Gasteiger partial charge in [-0.1, -0.05) is 11.6 Å². The summed E-state index contributed by atoms with van der Waals surface area (Å²) in [5.74, 6) is -1.41. The molecular formula is C12H14ClNO4. The molecule has 18 heavy (non-hydrogen) atoms. The minimum absolute atomic E-state index is 0.142. The quantitative estimate of drug-likeness (QED) is 0.676. The number of benzene rings is 1. The number of methoxy groups -OCH3 is 1. The van der Waals surface area contributed by atoms with E-state index in [9.17, 15) is 9.59 Å². The molecule has 6 heteroatoms. The predicted octanol–water partition coefficient (Wildman–Crippen LogP) is 2.16. The van der Waals surface area contributed by atoms with E-state index in [1.54, 1.807) is 26.0 Å². The number of carbonyl (C=O) groups excluding carboxylic acids is 2. The predicted molar refractivity (Wildman–Crippen MR) is 68.0 cm³/mol. The topological polar surface area (TPSA) is 64.6 Å². The van der Waals surface area contributed by atoms with Crippen molar-refractivity contribution in [3.8, 4) is 5.75 Å². The molecule has 0 atom stereocenters. The molecule has 0 aliphatic heterocycles. The number of carbonyl (C=O) groups is 2. The highest BCUT2D eigenvalue weighted by atomic mass is 35.5. The lowest BCUT2D eigenvalue weighted by molar-refractivity contribution is -0.152. The zero-order valence-electron chi connectivity index (χ0n) is 10.4. The zero-order valence-corrected chi connectivity index (χ0v) is 11.1. The second kappa shape index (κ2) is 6.26. The van der Waals surface area contributed by atoms with Crippen LogP contribution in [0, 0.1) is 6.92 Å². The van der Waals surface area contributed by atoms with Crippen molar-refractivity contribution in [1.82, 2.24) is 0 Å². The Morgan fingerprint density at radius 1 is 1.39 bits per heavy atom. The fourth-order valence-corrected chi connectivity index (χ4v) is 1.45. The van der Waals surface area contributed by atoms with Crippen LogP contribution in [0.3, 0.4) is 0 Å². The summed E-state index contributed by atoms with van der Waals surface area (Å²) < 4.78 is 9.66. The van der Waals surface area contributed by atoms with Gasteiger partial charge in [-0.2, -0.15) is 0 Å². The number of hydrogen-bond donors (Lipinski definition) is 1. The van der Waals surface area contributed by atoms with Crippen LogP contribution in [-0.2, 0) is 14.3 Å². The third kappa shape index (κ3) is 3.37. The molecule has 0 aliphatic carbocycles. The first-order valence-corrected chi connectivity index (χ1v) is 5.69. The monoisotopic (exact) mass is 271 g/mol. The van der Waals surface area contributed by atoms with Crippen molar-refractivity contribution in [2.24, 2.45) is 0 Å². The molecule has 0 saturated carbocycles. The Bertz CT molecular complexity index is 473. The molecular weight excluding hydrogens is 258 g/mol. The first-order chi connectivity index (χ1) is 8.49. The van der Waals surface area contributed by atoms with Crippen LogP contribution in [0.15, 0.2) is 12.1 Å². The van der Waals surface area contributed by atoms with Gasteiger partial charge in [-0.25, -0.2) is 4.79 Å². The number of amides is 1. The molecule has 1 aromatic carbocycles. The van der Waals surface area contributed by atoms with Crippen molar-refractivity contribution < 1.29 is 19.1 Å². The van der Waals surface area contributed by atoms with E-state index in [1.165, 1.54) is 7.11 Å². The summed E-state index contributed by atoms with van der Waals surface area (Å²) in [7, 11) is 1.45. The third-order valence-corrected chi connectivity index (χ3v) is 2.60. The van der Waals surface area contributed by atoms with Crippen molar-refractivity contribution in [1.29, 1.82) is 0 Å². The number of nitrogens with one attached hydrogen (secondary N) is 1. The van der Waals surface area contributed by atoms with Crippen molar-refractivity contribution in [2.75, 3.05) is 19.0 Å². The van der Waals surface area contributed by atoms with E-state index in [4.69, 9.17) is 16.3 Å². The SMILES string of the molecule is CCOC(=O)C(=O)Nc1cc(C)c(Cl)cc1OC. The van der Waals surface area contributed by atoms with E-state index < -0.39 is 11.9 Å². The number of hydrogen-bond acceptors (Lipinski definition) is 4. The highest BCUT2D eigenvalue weighted by Crippen LogP contribution is 2.30. The van der Waals surface area contributed by atoms with Gasteiger partial charge in [0.1, 0.15) is 5.75 Å². The summed E-state index contributed by atoms with van der Waals surface area (Å²) in [6.07, 6.45) is 0. The maximum Gasteiger partial charge on any atom is 0.397 e. The Balaban J connectivity index is 2.93. The van der Waals surface area contributed by atoms with Crippen LogP contribution in [0.5, 0.6) is 5.75 Å². The molecule has 0 bridgehead atoms. The first-order valence-electron chi connectivity index (χ1n) is 5.31. The highest BCUT2D eigenvalue weighted by molar-refractivity contribution is 6.37. The number of ether oxygens (including phenoxy) is 2. The number of esters is 1. The van der Waals surface area contributed by atoms with Gasteiger partial charge in [-0.15, -0.1) is 0 Å². The van der Waals surface area contributed by atoms with E-state index in [0.717, 1.165) is 5.56 Å². The van der Waals surface area contributed by atoms with Crippen molar-refractivity contribution in [2.45, 2.75) is 13.8 Å². The zero-order chi connectivity index (χ0) is 13.7. The molecule has 1 N–H and O–H groups in total. The molecule has 0 unspecified atom stereocenters. The standard InChI is InChI=1S/C12H14ClNO4/c1-4-18-12(16)11(15)14-9-5-7(2)8(13)6-10(9)17-3/h5-6H,4H2,1-3H3,(H,14,15). The van der Waals surface area contributed by atoms with Crippen molar-refractivity contribution in [3.05, 3.63) is 22.7 Å². The molecule has 5 nitrogen and oxygen atoms in total. The van der Waals surface area contributed by atoms with Gasteiger partial charge in [0.2, 0.25) is 0 Å². The Kier molecular flexibility index (Phi) is 4.97. The fraction of sp³-hybridized carbons (Fsp3) is 0.333. The third-order valence-electron chi connectivity index (χ3n) is 2.19. The van der Waals surface area contributed by atoms with E-state index >= 15 is 0 Å². The van der Waals surface area contributed by atoms with E-state index in [-0.39, 0.29) is 6.61 Å². The van der Waals surface area contributed by atoms with E-state index in [2.05, 4.69) is 10.1 Å². The van der Waals surface area contributed by atoms with Gasteiger partial charge in [0.15, 0.2) is 0 Å². The molecule has 1 rings (SSSR count). The number of aryl methyl sites for hydroxylation is 1. The second-order valence-corrected chi connectivity index (χ2v) is 3.88. The second-order valence-electron chi connectivity index (χ2n) is 3.48. The molecule has 0 radical (unpaired) electrons. The summed E-state index contributed by atoms with van der Waals surface area (Å²) in [6.45, 7) is 3.54. The van der Waals surface area contributed by atoms with Crippen LogP contribution in [0.1, 0.15) is 12.5 Å². The van der Waals surface area contributed by atoms with Crippen LogP contribution in [0.4, 0.5) is 5.69 Å². The molecule has 1 aromatic rings. The molecule has 0 spiro atoms. The van der Waals surface area contributed by atoms with Crippen LogP contribution >= 0.6 is 11.6 Å². The minimum Gasteiger partial charge on any atom is -0.495 e. The van der Waals surface area contributed by atoms with Crippen LogP contribution in [-0.4, -0.2) is 25.6 Å². The Labute approximate surface area is 110 Å². The van der Waals surface area contributed by atoms with Crippen molar-refractivity contribution >= 4 is 29.2 Å². The van der Waals surface area contributed by atoms with Gasteiger partial charge < -0.3 is 14.8 Å². The average molecular weight is 272 g/mol. The Morgan fingerprint density at radius 2 is 2.06 bits per heavy atom. The van der Waals surface area contributed by atoms with Crippen LogP contribution in [0.25, 0.3) is 0 Å². The largest absolute Gasteiger partial charge is 0.495 e. The fourth-order valence-electron chi connectivity index (χ4n) is 1.30. The van der Waals surface area contributed by atoms with Crippen LogP contribution < -0.4 is 10.1 Å². The summed E-state index contributed by atoms with van der Waals surface area (Å²) >= 11 is 5.93.